The number of hydrogen-bond donors (Lipinski definition) is 1. The van der Waals surface area contributed by atoms with Crippen LogP contribution in [0.2, 0.25) is 5.02 Å². The normalized spacial score (nSPS) is 11.0. The molecule has 0 unspecified atom stereocenters. The molecule has 0 bridgehead atoms. The number of hydrogen-bond acceptors (Lipinski definition) is 3. The van der Waals surface area contributed by atoms with Gasteiger partial charge in [0.1, 0.15) is 17.2 Å². The summed E-state index contributed by atoms with van der Waals surface area (Å²) in [5.74, 6) is -0.881. The minimum absolute atomic E-state index is 0.0435. The molecule has 4 rings (SSSR count). The van der Waals surface area contributed by atoms with Crippen LogP contribution in [0.5, 0.6) is 5.75 Å². The summed E-state index contributed by atoms with van der Waals surface area (Å²) in [5, 5.41) is 10.1. The van der Waals surface area contributed by atoms with Crippen LogP contribution in [0.15, 0.2) is 60.8 Å². The summed E-state index contributed by atoms with van der Waals surface area (Å²) in [7, 11) is 1.60. The summed E-state index contributed by atoms with van der Waals surface area (Å²) in [6.07, 6.45) is 1.84. The zero-order valence-electron chi connectivity index (χ0n) is 15.4. The molecule has 2 heterocycles. The van der Waals surface area contributed by atoms with Crippen molar-refractivity contribution in [2.24, 2.45) is 0 Å². The SMILES string of the molecule is COc1ccc(Cn2cc(-c3ccc(Cl)c(F)c3)c3ccc(C(=O)O)nc32)cc1. The second-order valence-corrected chi connectivity index (χ2v) is 6.93. The molecular formula is C22H16ClFN2O3. The van der Waals surface area contributed by atoms with E-state index in [1.54, 1.807) is 19.2 Å². The highest BCUT2D eigenvalue weighted by molar-refractivity contribution is 6.30. The summed E-state index contributed by atoms with van der Waals surface area (Å²) in [6, 6.07) is 15.3. The lowest BCUT2D eigenvalue weighted by Crippen LogP contribution is -2.03. The molecule has 0 aliphatic rings. The number of carbonyl (C=O) groups is 1. The minimum Gasteiger partial charge on any atom is -0.497 e. The standard InChI is InChI=1S/C22H16ClFN2O3/c1-29-15-5-2-13(3-6-15)11-26-12-17(14-4-8-18(23)19(24)10-14)16-7-9-20(22(27)28)25-21(16)26/h2-10,12H,11H2,1H3,(H,27,28). The van der Waals surface area contributed by atoms with Crippen molar-refractivity contribution in [3.8, 4) is 16.9 Å². The lowest BCUT2D eigenvalue weighted by Gasteiger charge is -2.06. The Hall–Kier alpha value is -3.38. The smallest absolute Gasteiger partial charge is 0.354 e. The van der Waals surface area contributed by atoms with Gasteiger partial charge in [-0.15, -0.1) is 0 Å². The van der Waals surface area contributed by atoms with E-state index in [-0.39, 0.29) is 10.7 Å². The third-order valence-electron chi connectivity index (χ3n) is 4.68. The Kier molecular flexibility index (Phi) is 4.94. The Morgan fingerprint density at radius 3 is 2.59 bits per heavy atom. The number of carboxylic acids is 1. The van der Waals surface area contributed by atoms with Crippen LogP contribution in [0, 0.1) is 5.82 Å². The highest BCUT2D eigenvalue weighted by atomic mass is 35.5. The van der Waals surface area contributed by atoms with Crippen molar-refractivity contribution < 1.29 is 19.0 Å². The third-order valence-corrected chi connectivity index (χ3v) is 4.99. The van der Waals surface area contributed by atoms with Crippen LogP contribution in [0.1, 0.15) is 16.1 Å². The molecule has 0 spiro atoms. The van der Waals surface area contributed by atoms with Crippen molar-refractivity contribution in [2.75, 3.05) is 7.11 Å². The van der Waals surface area contributed by atoms with Gasteiger partial charge >= 0.3 is 5.97 Å². The first-order valence-corrected chi connectivity index (χ1v) is 9.15. The van der Waals surface area contributed by atoms with E-state index in [4.69, 9.17) is 16.3 Å². The van der Waals surface area contributed by atoms with Gasteiger partial charge in [-0.3, -0.25) is 0 Å². The summed E-state index contributed by atoms with van der Waals surface area (Å²) >= 11 is 5.81. The first-order chi connectivity index (χ1) is 14.0. The first kappa shape index (κ1) is 19.0. The molecule has 2 aromatic carbocycles. The van der Waals surface area contributed by atoms with Gasteiger partial charge < -0.3 is 14.4 Å². The number of carboxylic acid groups (broad SMARTS) is 1. The molecule has 0 radical (unpaired) electrons. The highest BCUT2D eigenvalue weighted by Gasteiger charge is 2.16. The Bertz CT molecular complexity index is 1220. The van der Waals surface area contributed by atoms with Gasteiger partial charge in [-0.1, -0.05) is 29.8 Å². The fourth-order valence-electron chi connectivity index (χ4n) is 3.23. The molecule has 0 saturated carbocycles. The summed E-state index contributed by atoms with van der Waals surface area (Å²) < 4.78 is 21.1. The average molecular weight is 411 g/mol. The largest absolute Gasteiger partial charge is 0.497 e. The van der Waals surface area contributed by atoms with Crippen molar-refractivity contribution in [3.05, 3.63) is 82.9 Å². The van der Waals surface area contributed by atoms with E-state index >= 15 is 0 Å². The lowest BCUT2D eigenvalue weighted by atomic mass is 10.1. The third kappa shape index (κ3) is 3.67. The second-order valence-electron chi connectivity index (χ2n) is 6.52. The molecule has 0 aliphatic heterocycles. The topological polar surface area (TPSA) is 64.3 Å². The van der Waals surface area contributed by atoms with E-state index < -0.39 is 11.8 Å². The van der Waals surface area contributed by atoms with Gasteiger partial charge in [0.25, 0.3) is 0 Å². The molecule has 0 aliphatic carbocycles. The quantitative estimate of drug-likeness (QED) is 0.488. The molecule has 0 saturated heterocycles. The van der Waals surface area contributed by atoms with Gasteiger partial charge in [0.2, 0.25) is 0 Å². The maximum Gasteiger partial charge on any atom is 0.354 e. The molecular weight excluding hydrogens is 395 g/mol. The molecule has 0 atom stereocenters. The molecule has 0 amide bonds. The average Bonchev–Trinajstić information content (AvgIpc) is 3.08. The molecule has 7 heteroatoms. The number of nitrogens with zero attached hydrogens (tertiary/aromatic N) is 2. The Labute approximate surface area is 170 Å². The molecule has 29 heavy (non-hydrogen) atoms. The molecule has 4 aromatic rings. The lowest BCUT2D eigenvalue weighted by molar-refractivity contribution is 0.0691. The zero-order chi connectivity index (χ0) is 20.5. The van der Waals surface area contributed by atoms with Crippen molar-refractivity contribution in [1.29, 1.82) is 0 Å². The predicted octanol–water partition coefficient (Wildman–Crippen LogP) is 5.25. The summed E-state index contributed by atoms with van der Waals surface area (Å²) in [4.78, 5) is 15.7. The molecule has 1 N–H and O–H groups in total. The highest BCUT2D eigenvalue weighted by Crippen LogP contribution is 2.32. The van der Waals surface area contributed by atoms with Gasteiger partial charge in [-0.25, -0.2) is 14.2 Å². The number of aromatic nitrogens is 2. The fraction of sp³-hybridized carbons (Fsp3) is 0.0909. The van der Waals surface area contributed by atoms with Gasteiger partial charge in [0, 0.05) is 23.7 Å². The first-order valence-electron chi connectivity index (χ1n) is 8.78. The monoisotopic (exact) mass is 410 g/mol. The molecule has 5 nitrogen and oxygen atoms in total. The Morgan fingerprint density at radius 1 is 1.17 bits per heavy atom. The fourth-order valence-corrected chi connectivity index (χ4v) is 3.34. The zero-order valence-corrected chi connectivity index (χ0v) is 16.2. The van der Waals surface area contributed by atoms with Crippen LogP contribution >= 0.6 is 11.6 Å². The van der Waals surface area contributed by atoms with Crippen molar-refractivity contribution in [1.82, 2.24) is 9.55 Å². The number of ether oxygens (including phenoxy) is 1. The van der Waals surface area contributed by atoms with Gasteiger partial charge in [0.15, 0.2) is 5.69 Å². The van der Waals surface area contributed by atoms with Gasteiger partial charge in [-0.05, 0) is 47.5 Å². The Morgan fingerprint density at radius 2 is 1.93 bits per heavy atom. The van der Waals surface area contributed by atoms with Crippen LogP contribution in [0.3, 0.4) is 0 Å². The van der Waals surface area contributed by atoms with Crippen LogP contribution in [0.25, 0.3) is 22.2 Å². The predicted molar refractivity (Wildman–Crippen MR) is 109 cm³/mol. The van der Waals surface area contributed by atoms with Crippen molar-refractivity contribution >= 4 is 28.6 Å². The number of halogens is 2. The maximum atomic E-state index is 14.0. The van der Waals surface area contributed by atoms with E-state index in [1.807, 2.05) is 35.0 Å². The van der Waals surface area contributed by atoms with E-state index in [9.17, 15) is 14.3 Å². The number of pyridine rings is 1. The summed E-state index contributed by atoms with van der Waals surface area (Å²) in [5.41, 5.74) is 2.81. The summed E-state index contributed by atoms with van der Waals surface area (Å²) in [6.45, 7) is 0.465. The maximum absolute atomic E-state index is 14.0. The van der Waals surface area contributed by atoms with Gasteiger partial charge in [-0.2, -0.15) is 0 Å². The van der Waals surface area contributed by atoms with Gasteiger partial charge in [0.05, 0.1) is 12.1 Å². The molecule has 146 valence electrons. The minimum atomic E-state index is -1.11. The van der Waals surface area contributed by atoms with Crippen molar-refractivity contribution in [2.45, 2.75) is 6.54 Å². The second kappa shape index (κ2) is 7.56. The van der Waals surface area contributed by atoms with Crippen LogP contribution < -0.4 is 4.74 Å². The molecule has 2 aromatic heterocycles. The van der Waals surface area contributed by atoms with E-state index in [2.05, 4.69) is 4.98 Å². The number of rotatable bonds is 5. The van der Waals surface area contributed by atoms with Crippen molar-refractivity contribution in [3.63, 3.8) is 0 Å². The van der Waals surface area contributed by atoms with E-state index in [1.165, 1.54) is 18.2 Å². The van der Waals surface area contributed by atoms with Crippen LogP contribution in [-0.4, -0.2) is 27.7 Å². The van der Waals surface area contributed by atoms with Crippen LogP contribution in [0.4, 0.5) is 4.39 Å². The number of fused-ring (bicyclic) bond motifs is 1. The van der Waals surface area contributed by atoms with Crippen LogP contribution in [-0.2, 0) is 6.54 Å². The van der Waals surface area contributed by atoms with E-state index in [0.717, 1.165) is 22.3 Å². The molecule has 0 fully saturated rings. The van der Waals surface area contributed by atoms with E-state index in [0.29, 0.717) is 17.8 Å². The number of methoxy groups -OCH3 is 1. The number of benzene rings is 2. The number of aromatic carboxylic acids is 1. The Balaban J connectivity index is 1.86.